The Balaban J connectivity index is 2.58. The molecule has 0 aromatic rings. The minimum Gasteiger partial charge on any atom is -0.382 e. The molecule has 20 heavy (non-hydrogen) atoms. The third-order valence-electron chi connectivity index (χ3n) is 3.40. The molecule has 118 valence electrons. The van der Waals surface area contributed by atoms with E-state index in [1.807, 2.05) is 13.8 Å². The standard InChI is InChI=1S/C13H23F3N2O2/c1-3-20-8-4-7-18(9-13(14,15)16)12(19)11-10(2)5-6-17-11/h10-11,17H,3-9H2,1-2H3. The van der Waals surface area contributed by atoms with Gasteiger partial charge < -0.3 is 15.0 Å². The SMILES string of the molecule is CCOCCCN(CC(F)(F)F)C(=O)C1NCCC1C. The van der Waals surface area contributed by atoms with Crippen LogP contribution in [0.1, 0.15) is 26.7 Å². The van der Waals surface area contributed by atoms with Crippen LogP contribution < -0.4 is 5.32 Å². The molecule has 1 rings (SSSR count). The van der Waals surface area contributed by atoms with Gasteiger partial charge >= 0.3 is 6.18 Å². The maximum atomic E-state index is 12.6. The lowest BCUT2D eigenvalue weighted by Crippen LogP contribution is -2.49. The first kappa shape index (κ1) is 17.2. The van der Waals surface area contributed by atoms with Crippen molar-refractivity contribution in [1.29, 1.82) is 0 Å². The fourth-order valence-electron chi connectivity index (χ4n) is 2.35. The molecule has 0 aromatic carbocycles. The third-order valence-corrected chi connectivity index (χ3v) is 3.40. The number of hydrogen-bond acceptors (Lipinski definition) is 3. The van der Waals surface area contributed by atoms with Gasteiger partial charge in [0.25, 0.3) is 0 Å². The van der Waals surface area contributed by atoms with Crippen molar-refractivity contribution in [2.75, 3.05) is 32.8 Å². The number of amides is 1. The van der Waals surface area contributed by atoms with Gasteiger partial charge in [0.1, 0.15) is 6.54 Å². The summed E-state index contributed by atoms with van der Waals surface area (Å²) in [7, 11) is 0. The Morgan fingerprint density at radius 2 is 2.15 bits per heavy atom. The molecule has 0 aromatic heterocycles. The predicted octanol–water partition coefficient (Wildman–Crippen LogP) is 1.80. The molecule has 2 atom stereocenters. The van der Waals surface area contributed by atoms with Crippen molar-refractivity contribution >= 4 is 5.91 Å². The zero-order chi connectivity index (χ0) is 15.2. The molecule has 0 spiro atoms. The van der Waals surface area contributed by atoms with E-state index >= 15 is 0 Å². The van der Waals surface area contributed by atoms with Crippen molar-refractivity contribution in [2.24, 2.45) is 5.92 Å². The summed E-state index contributed by atoms with van der Waals surface area (Å²) in [6, 6.07) is -0.496. The van der Waals surface area contributed by atoms with Crippen molar-refractivity contribution in [1.82, 2.24) is 10.2 Å². The van der Waals surface area contributed by atoms with Gasteiger partial charge in [0, 0.05) is 19.8 Å². The average molecular weight is 296 g/mol. The summed E-state index contributed by atoms with van der Waals surface area (Å²) in [5.74, 6) is -0.381. The molecule has 1 heterocycles. The number of rotatable bonds is 7. The highest BCUT2D eigenvalue weighted by Gasteiger charge is 2.38. The van der Waals surface area contributed by atoms with E-state index < -0.39 is 24.7 Å². The van der Waals surface area contributed by atoms with E-state index in [1.54, 1.807) is 0 Å². The summed E-state index contributed by atoms with van der Waals surface area (Å²) in [5, 5.41) is 2.98. The minimum atomic E-state index is -4.37. The van der Waals surface area contributed by atoms with E-state index in [1.165, 1.54) is 0 Å². The Bertz CT molecular complexity index is 310. The first-order valence-corrected chi connectivity index (χ1v) is 7.01. The lowest BCUT2D eigenvalue weighted by Gasteiger charge is -2.28. The Kier molecular flexibility index (Phi) is 6.75. The molecule has 0 saturated carbocycles. The number of carbonyl (C=O) groups excluding carboxylic acids is 1. The second-order valence-electron chi connectivity index (χ2n) is 5.12. The molecule has 0 radical (unpaired) electrons. The topological polar surface area (TPSA) is 41.6 Å². The van der Waals surface area contributed by atoms with Crippen LogP contribution in [0.5, 0.6) is 0 Å². The quantitative estimate of drug-likeness (QED) is 0.728. The fourth-order valence-corrected chi connectivity index (χ4v) is 2.35. The molecule has 4 nitrogen and oxygen atoms in total. The predicted molar refractivity (Wildman–Crippen MR) is 69.3 cm³/mol. The fraction of sp³-hybridized carbons (Fsp3) is 0.923. The van der Waals surface area contributed by atoms with Crippen LogP contribution in [-0.2, 0) is 9.53 Å². The monoisotopic (exact) mass is 296 g/mol. The Morgan fingerprint density at radius 3 is 2.65 bits per heavy atom. The van der Waals surface area contributed by atoms with E-state index in [4.69, 9.17) is 4.74 Å². The Morgan fingerprint density at radius 1 is 1.45 bits per heavy atom. The zero-order valence-electron chi connectivity index (χ0n) is 12.0. The molecular weight excluding hydrogens is 273 g/mol. The smallest absolute Gasteiger partial charge is 0.382 e. The van der Waals surface area contributed by atoms with Crippen molar-refractivity contribution in [3.8, 4) is 0 Å². The van der Waals surface area contributed by atoms with E-state index in [0.717, 1.165) is 11.3 Å². The number of hydrogen-bond donors (Lipinski definition) is 1. The second kappa shape index (κ2) is 7.83. The summed E-state index contributed by atoms with van der Waals surface area (Å²) in [4.78, 5) is 13.1. The number of nitrogens with zero attached hydrogens (tertiary/aromatic N) is 1. The molecule has 2 unspecified atom stereocenters. The van der Waals surface area contributed by atoms with Crippen molar-refractivity contribution < 1.29 is 22.7 Å². The van der Waals surface area contributed by atoms with E-state index in [-0.39, 0.29) is 12.5 Å². The van der Waals surface area contributed by atoms with Gasteiger partial charge in [-0.25, -0.2) is 0 Å². The summed E-state index contributed by atoms with van der Waals surface area (Å²) >= 11 is 0. The van der Waals surface area contributed by atoms with Gasteiger partial charge in [-0.05, 0) is 32.2 Å². The van der Waals surface area contributed by atoms with Gasteiger partial charge in [-0.1, -0.05) is 6.92 Å². The number of ether oxygens (including phenoxy) is 1. The Hall–Kier alpha value is -0.820. The lowest BCUT2D eigenvalue weighted by molar-refractivity contribution is -0.163. The van der Waals surface area contributed by atoms with Crippen molar-refractivity contribution in [2.45, 2.75) is 38.9 Å². The normalized spacial score (nSPS) is 23.1. The van der Waals surface area contributed by atoms with Crippen LogP contribution in [0.25, 0.3) is 0 Å². The number of halogens is 3. The van der Waals surface area contributed by atoms with Crippen LogP contribution in [0.15, 0.2) is 0 Å². The maximum Gasteiger partial charge on any atom is 0.406 e. The van der Waals surface area contributed by atoms with Crippen LogP contribution in [0.4, 0.5) is 13.2 Å². The van der Waals surface area contributed by atoms with Crippen molar-refractivity contribution in [3.05, 3.63) is 0 Å². The molecule has 1 amide bonds. The average Bonchev–Trinajstić information content (AvgIpc) is 2.77. The molecular formula is C13H23F3N2O2. The molecule has 1 fully saturated rings. The van der Waals surface area contributed by atoms with E-state index in [0.29, 0.717) is 26.2 Å². The number of nitrogens with one attached hydrogen (secondary N) is 1. The molecule has 7 heteroatoms. The highest BCUT2D eigenvalue weighted by atomic mass is 19.4. The summed E-state index contributed by atoms with van der Waals surface area (Å²) < 4.78 is 42.8. The Labute approximate surface area is 117 Å². The van der Waals surface area contributed by atoms with Crippen LogP contribution >= 0.6 is 0 Å². The summed E-state index contributed by atoms with van der Waals surface area (Å²) in [6.07, 6.45) is -3.14. The highest BCUT2D eigenvalue weighted by Crippen LogP contribution is 2.21. The summed E-state index contributed by atoms with van der Waals surface area (Å²) in [5.41, 5.74) is 0. The lowest BCUT2D eigenvalue weighted by atomic mass is 10.0. The second-order valence-corrected chi connectivity index (χ2v) is 5.12. The van der Waals surface area contributed by atoms with Gasteiger partial charge in [0.2, 0.25) is 5.91 Å². The first-order chi connectivity index (χ1) is 9.35. The van der Waals surface area contributed by atoms with Crippen LogP contribution in [0, 0.1) is 5.92 Å². The van der Waals surface area contributed by atoms with Gasteiger partial charge in [0.15, 0.2) is 0 Å². The highest BCUT2D eigenvalue weighted by molar-refractivity contribution is 5.82. The third kappa shape index (κ3) is 5.66. The largest absolute Gasteiger partial charge is 0.406 e. The van der Waals surface area contributed by atoms with Gasteiger partial charge in [-0.3, -0.25) is 4.79 Å². The minimum absolute atomic E-state index is 0.0727. The number of alkyl halides is 3. The van der Waals surface area contributed by atoms with Gasteiger partial charge in [-0.15, -0.1) is 0 Å². The van der Waals surface area contributed by atoms with E-state index in [2.05, 4.69) is 5.32 Å². The molecule has 0 bridgehead atoms. The molecule has 1 aliphatic rings. The van der Waals surface area contributed by atoms with Crippen LogP contribution in [-0.4, -0.2) is 55.9 Å². The van der Waals surface area contributed by atoms with Crippen LogP contribution in [0.2, 0.25) is 0 Å². The van der Waals surface area contributed by atoms with E-state index in [9.17, 15) is 18.0 Å². The number of carbonyl (C=O) groups is 1. The zero-order valence-corrected chi connectivity index (χ0v) is 12.0. The summed E-state index contributed by atoms with van der Waals surface area (Å²) in [6.45, 7) is 4.15. The van der Waals surface area contributed by atoms with Gasteiger partial charge in [-0.2, -0.15) is 13.2 Å². The molecule has 1 aliphatic heterocycles. The van der Waals surface area contributed by atoms with Gasteiger partial charge in [0.05, 0.1) is 6.04 Å². The van der Waals surface area contributed by atoms with Crippen LogP contribution in [0.3, 0.4) is 0 Å². The van der Waals surface area contributed by atoms with Crippen molar-refractivity contribution in [3.63, 3.8) is 0 Å². The molecule has 0 aliphatic carbocycles. The molecule has 1 saturated heterocycles. The molecule has 1 N–H and O–H groups in total. The maximum absolute atomic E-state index is 12.6. The first-order valence-electron chi connectivity index (χ1n) is 7.01.